The van der Waals surface area contributed by atoms with E-state index >= 15 is 0 Å². The third-order valence-corrected chi connectivity index (χ3v) is 4.88. The number of fused-ring (bicyclic) bond motifs is 1. The number of methoxy groups -OCH3 is 2. The zero-order chi connectivity index (χ0) is 21.7. The second-order valence-corrected chi connectivity index (χ2v) is 6.77. The van der Waals surface area contributed by atoms with Crippen molar-refractivity contribution in [3.8, 4) is 11.5 Å². The summed E-state index contributed by atoms with van der Waals surface area (Å²) >= 11 is 0. The summed E-state index contributed by atoms with van der Waals surface area (Å²) in [5.74, 6) is 0.919. The van der Waals surface area contributed by atoms with Crippen molar-refractivity contribution in [1.29, 1.82) is 0 Å². The standard InChI is InChI=1S/C22H24FN3O4/c1-4-26(21(27)10-7-14-5-8-15(23)9-6-14)13-20-24-17-12-19(30-3)18(29-2)11-16(17)22(28)25-20/h5-6,8-9,11-12H,4,7,10,13H2,1-3H3,(H,24,25,28). The van der Waals surface area contributed by atoms with Crippen molar-refractivity contribution < 1.29 is 18.7 Å². The highest BCUT2D eigenvalue weighted by Gasteiger charge is 2.16. The summed E-state index contributed by atoms with van der Waals surface area (Å²) in [7, 11) is 3.01. The molecule has 0 saturated carbocycles. The van der Waals surface area contributed by atoms with Crippen LogP contribution in [-0.2, 0) is 17.8 Å². The van der Waals surface area contributed by atoms with Gasteiger partial charge in [-0.3, -0.25) is 9.59 Å². The lowest BCUT2D eigenvalue weighted by Crippen LogP contribution is -2.32. The van der Waals surface area contributed by atoms with E-state index in [0.29, 0.717) is 41.2 Å². The number of hydrogen-bond donors (Lipinski definition) is 1. The first-order valence-corrected chi connectivity index (χ1v) is 9.62. The van der Waals surface area contributed by atoms with Gasteiger partial charge in [0.15, 0.2) is 11.5 Å². The molecule has 0 bridgehead atoms. The Balaban J connectivity index is 1.77. The molecule has 1 heterocycles. The van der Waals surface area contributed by atoms with E-state index in [1.54, 1.807) is 29.2 Å². The van der Waals surface area contributed by atoms with Crippen LogP contribution >= 0.6 is 0 Å². The number of aryl methyl sites for hydroxylation is 1. The largest absolute Gasteiger partial charge is 0.493 e. The Hall–Kier alpha value is -3.42. The van der Waals surface area contributed by atoms with Crippen molar-refractivity contribution in [2.75, 3.05) is 20.8 Å². The van der Waals surface area contributed by atoms with Gasteiger partial charge in [0.25, 0.3) is 5.56 Å². The fraction of sp³-hybridized carbons (Fsp3) is 0.318. The summed E-state index contributed by atoms with van der Waals surface area (Å²) in [6, 6.07) is 9.31. The Morgan fingerprint density at radius 3 is 2.43 bits per heavy atom. The van der Waals surface area contributed by atoms with Crippen molar-refractivity contribution >= 4 is 16.8 Å². The number of nitrogens with zero attached hydrogens (tertiary/aromatic N) is 2. The molecule has 158 valence electrons. The Kier molecular flexibility index (Phi) is 6.66. The average molecular weight is 413 g/mol. The number of carbonyl (C=O) groups is 1. The SMILES string of the molecule is CCN(Cc1nc2cc(OC)c(OC)cc2c(=O)[nH]1)C(=O)CCc1ccc(F)cc1. The van der Waals surface area contributed by atoms with E-state index in [9.17, 15) is 14.0 Å². The normalized spacial score (nSPS) is 10.8. The second-order valence-electron chi connectivity index (χ2n) is 6.77. The summed E-state index contributed by atoms with van der Waals surface area (Å²) in [5, 5.41) is 0.377. The zero-order valence-electron chi connectivity index (χ0n) is 17.2. The molecule has 1 N–H and O–H groups in total. The van der Waals surface area contributed by atoms with Gasteiger partial charge in [0.2, 0.25) is 5.91 Å². The van der Waals surface area contributed by atoms with E-state index in [4.69, 9.17) is 9.47 Å². The van der Waals surface area contributed by atoms with Crippen LogP contribution in [0.1, 0.15) is 24.7 Å². The van der Waals surface area contributed by atoms with Crippen molar-refractivity contribution in [3.05, 3.63) is 64.0 Å². The minimum absolute atomic E-state index is 0.0723. The molecule has 3 rings (SSSR count). The fourth-order valence-electron chi connectivity index (χ4n) is 3.21. The average Bonchev–Trinajstić information content (AvgIpc) is 2.76. The molecule has 0 aliphatic carbocycles. The predicted molar refractivity (Wildman–Crippen MR) is 111 cm³/mol. The number of hydrogen-bond acceptors (Lipinski definition) is 5. The van der Waals surface area contributed by atoms with E-state index in [-0.39, 0.29) is 30.2 Å². The van der Waals surface area contributed by atoms with E-state index < -0.39 is 0 Å². The molecule has 0 saturated heterocycles. The van der Waals surface area contributed by atoms with Gasteiger partial charge in [-0.25, -0.2) is 9.37 Å². The van der Waals surface area contributed by atoms with Crippen LogP contribution in [0.25, 0.3) is 10.9 Å². The molecule has 0 atom stereocenters. The Morgan fingerprint density at radius 1 is 1.13 bits per heavy atom. The molecule has 8 heteroatoms. The summed E-state index contributed by atoms with van der Waals surface area (Å²) in [6.45, 7) is 2.51. The highest BCUT2D eigenvalue weighted by molar-refractivity contribution is 5.82. The lowest BCUT2D eigenvalue weighted by molar-refractivity contribution is -0.131. The smallest absolute Gasteiger partial charge is 0.258 e. The third-order valence-electron chi connectivity index (χ3n) is 4.88. The molecule has 0 aliphatic heterocycles. The summed E-state index contributed by atoms with van der Waals surface area (Å²) in [5.41, 5.74) is 1.03. The van der Waals surface area contributed by atoms with Gasteiger partial charge in [-0.15, -0.1) is 0 Å². The molecule has 30 heavy (non-hydrogen) atoms. The van der Waals surface area contributed by atoms with Gasteiger partial charge < -0.3 is 19.4 Å². The predicted octanol–water partition coefficient (Wildman–Crippen LogP) is 3.06. The second kappa shape index (κ2) is 9.39. The minimum atomic E-state index is -0.314. The number of halogens is 1. The number of aromatic nitrogens is 2. The Labute approximate surface area is 173 Å². The molecular formula is C22H24FN3O4. The van der Waals surface area contributed by atoms with Gasteiger partial charge in [0, 0.05) is 19.0 Å². The first-order chi connectivity index (χ1) is 14.4. The zero-order valence-corrected chi connectivity index (χ0v) is 17.2. The van der Waals surface area contributed by atoms with E-state index in [2.05, 4.69) is 9.97 Å². The molecule has 2 aromatic carbocycles. The quantitative estimate of drug-likeness (QED) is 0.614. The lowest BCUT2D eigenvalue weighted by Gasteiger charge is -2.20. The van der Waals surface area contributed by atoms with Gasteiger partial charge in [-0.2, -0.15) is 0 Å². The van der Waals surface area contributed by atoms with Crippen molar-refractivity contribution in [2.24, 2.45) is 0 Å². The van der Waals surface area contributed by atoms with Crippen LogP contribution in [0.15, 0.2) is 41.2 Å². The van der Waals surface area contributed by atoms with Crippen molar-refractivity contribution in [3.63, 3.8) is 0 Å². The number of benzene rings is 2. The molecule has 0 radical (unpaired) electrons. The van der Waals surface area contributed by atoms with Crippen LogP contribution in [0.3, 0.4) is 0 Å². The number of H-pyrrole nitrogens is 1. The maximum Gasteiger partial charge on any atom is 0.258 e. The van der Waals surface area contributed by atoms with E-state index in [1.165, 1.54) is 26.4 Å². The van der Waals surface area contributed by atoms with Crippen LogP contribution in [0.5, 0.6) is 11.5 Å². The molecule has 0 aliphatic rings. The van der Waals surface area contributed by atoms with E-state index in [0.717, 1.165) is 5.56 Å². The lowest BCUT2D eigenvalue weighted by atomic mass is 10.1. The number of amides is 1. The third kappa shape index (κ3) is 4.76. The van der Waals surface area contributed by atoms with Crippen LogP contribution in [0, 0.1) is 5.82 Å². The van der Waals surface area contributed by atoms with Gasteiger partial charge in [-0.05, 0) is 37.1 Å². The summed E-state index contributed by atoms with van der Waals surface area (Å²) in [6.07, 6.45) is 0.788. The van der Waals surface area contributed by atoms with Crippen LogP contribution in [0.2, 0.25) is 0 Å². The van der Waals surface area contributed by atoms with Gasteiger partial charge in [0.05, 0.1) is 31.7 Å². The number of carbonyl (C=O) groups excluding carboxylic acids is 1. The molecule has 0 fully saturated rings. The Bertz CT molecular complexity index is 1100. The van der Waals surface area contributed by atoms with Gasteiger partial charge in [0.1, 0.15) is 11.6 Å². The highest BCUT2D eigenvalue weighted by atomic mass is 19.1. The topological polar surface area (TPSA) is 84.5 Å². The molecule has 7 nitrogen and oxygen atoms in total. The van der Waals surface area contributed by atoms with Crippen LogP contribution < -0.4 is 15.0 Å². The molecule has 0 unspecified atom stereocenters. The molecule has 1 aromatic heterocycles. The number of nitrogens with one attached hydrogen (secondary N) is 1. The number of aromatic amines is 1. The molecule has 1 amide bonds. The molecule has 0 spiro atoms. The van der Waals surface area contributed by atoms with Crippen LogP contribution in [0.4, 0.5) is 4.39 Å². The van der Waals surface area contributed by atoms with Crippen molar-refractivity contribution in [2.45, 2.75) is 26.3 Å². The maximum atomic E-state index is 13.0. The van der Waals surface area contributed by atoms with Crippen molar-refractivity contribution in [1.82, 2.24) is 14.9 Å². The minimum Gasteiger partial charge on any atom is -0.493 e. The first-order valence-electron chi connectivity index (χ1n) is 9.62. The van der Waals surface area contributed by atoms with Gasteiger partial charge in [-0.1, -0.05) is 12.1 Å². The molecule has 3 aromatic rings. The highest BCUT2D eigenvalue weighted by Crippen LogP contribution is 2.29. The van der Waals surface area contributed by atoms with E-state index in [1.807, 2.05) is 6.92 Å². The number of rotatable bonds is 8. The van der Waals surface area contributed by atoms with Gasteiger partial charge >= 0.3 is 0 Å². The monoisotopic (exact) mass is 413 g/mol. The molecular weight excluding hydrogens is 389 g/mol. The summed E-state index contributed by atoms with van der Waals surface area (Å²) < 4.78 is 23.5. The van der Waals surface area contributed by atoms with Crippen LogP contribution in [-0.4, -0.2) is 41.5 Å². The maximum absolute atomic E-state index is 13.0. The summed E-state index contributed by atoms with van der Waals surface area (Å²) in [4.78, 5) is 34.0. The fourth-order valence-corrected chi connectivity index (χ4v) is 3.21. The Morgan fingerprint density at radius 2 is 1.80 bits per heavy atom. The number of ether oxygens (including phenoxy) is 2. The first kappa shape index (κ1) is 21.3.